The van der Waals surface area contributed by atoms with Crippen LogP contribution in [0.2, 0.25) is 0 Å². The number of aromatic nitrogens is 5. The maximum absolute atomic E-state index is 4.56. The maximum Gasteiger partial charge on any atom is 0.165 e. The molecule has 0 spiro atoms. The fourth-order valence-corrected chi connectivity index (χ4v) is 5.59. The molecule has 0 atom stereocenters. The highest BCUT2D eigenvalue weighted by molar-refractivity contribution is 14.2. The second-order valence-electron chi connectivity index (χ2n) is 6.81. The molecule has 3 aromatic rings. The molecule has 0 radical (unpaired) electrons. The van der Waals surface area contributed by atoms with Crippen LogP contribution in [-0.2, 0) is 13.0 Å². The van der Waals surface area contributed by atoms with Crippen LogP contribution in [0.5, 0.6) is 0 Å². The zero-order chi connectivity index (χ0) is 18.8. The third kappa shape index (κ3) is 3.76. The molecule has 6 bridgehead atoms. The van der Waals surface area contributed by atoms with Gasteiger partial charge in [-0.2, -0.15) is 5.10 Å². The molecule has 0 aliphatic carbocycles. The monoisotopic (exact) mass is 488 g/mol. The molecule has 2 aromatic heterocycles. The average Bonchev–Trinajstić information content (AvgIpc) is 3.34. The molecule has 6 rings (SSSR count). The highest BCUT2D eigenvalue weighted by atomic mass is 127. The van der Waals surface area contributed by atoms with Gasteiger partial charge in [0.15, 0.2) is 3.84 Å². The summed E-state index contributed by atoms with van der Waals surface area (Å²) in [5.41, 5.74) is 3.36. The largest absolute Gasteiger partial charge is 0.333 e. The molecule has 0 unspecified atom stereocenters. The van der Waals surface area contributed by atoms with Gasteiger partial charge >= 0.3 is 0 Å². The van der Waals surface area contributed by atoms with Gasteiger partial charge in [0.25, 0.3) is 0 Å². The van der Waals surface area contributed by atoms with Crippen LogP contribution >= 0.6 is 20.7 Å². The van der Waals surface area contributed by atoms with Crippen LogP contribution in [0.1, 0.15) is 18.4 Å². The molecule has 1 aromatic carbocycles. The minimum absolute atomic E-state index is 0.515. The lowest BCUT2D eigenvalue weighted by Crippen LogP contribution is -2.19. The van der Waals surface area contributed by atoms with Gasteiger partial charge in [-0.1, -0.05) is 17.3 Å². The fraction of sp³-hybridized carbons (Fsp3) is 0.316. The van der Waals surface area contributed by atoms with E-state index in [0.29, 0.717) is 0 Å². The van der Waals surface area contributed by atoms with Gasteiger partial charge in [0.2, 0.25) is 0 Å². The first-order valence-corrected chi connectivity index (χ1v) is 11.6. The molecule has 144 valence electrons. The normalized spacial score (nSPS) is 16.9. The quantitative estimate of drug-likeness (QED) is 0.373. The van der Waals surface area contributed by atoms with Gasteiger partial charge < -0.3 is 10.6 Å². The molecule has 28 heavy (non-hydrogen) atoms. The second-order valence-corrected chi connectivity index (χ2v) is 9.39. The molecule has 2 N–H and O–H groups in total. The lowest BCUT2D eigenvalue weighted by atomic mass is 10.1. The highest BCUT2D eigenvalue weighted by Gasteiger charge is 2.10. The van der Waals surface area contributed by atoms with Crippen molar-refractivity contribution in [1.29, 1.82) is 0 Å². The van der Waals surface area contributed by atoms with Crippen molar-refractivity contribution in [3.05, 3.63) is 50.9 Å². The number of rotatable bonds is 0. The van der Waals surface area contributed by atoms with Gasteiger partial charge in [0.1, 0.15) is 8.63 Å². The second kappa shape index (κ2) is 7.92. The molecule has 0 amide bonds. The number of halogens is 1. The Balaban J connectivity index is 1.50. The molecule has 8 nitrogen and oxygen atoms in total. The van der Waals surface area contributed by atoms with Crippen molar-refractivity contribution in [3.8, 4) is 5.69 Å². The van der Waals surface area contributed by atoms with Gasteiger partial charge in [-0.3, -0.25) is 4.68 Å². The first-order chi connectivity index (χ1) is 13.8. The lowest BCUT2D eigenvalue weighted by molar-refractivity contribution is 0.536. The van der Waals surface area contributed by atoms with Crippen molar-refractivity contribution in [2.24, 2.45) is 4.99 Å². The van der Waals surface area contributed by atoms with Crippen molar-refractivity contribution in [1.82, 2.24) is 30.1 Å². The number of fused-ring (bicyclic) bond motifs is 8. The van der Waals surface area contributed by atoms with Crippen LogP contribution in [0.4, 0.5) is 5.69 Å². The summed E-state index contributed by atoms with van der Waals surface area (Å²) in [7, 11) is 0. The molecular formula is C19H21IN8. The number of hydrogen-bond acceptors (Lipinski definition) is 6. The Morgan fingerprint density at radius 2 is 2.00 bits per heavy atom. The maximum atomic E-state index is 4.56. The summed E-state index contributed by atoms with van der Waals surface area (Å²) in [5.74, 6) is 0. The summed E-state index contributed by atoms with van der Waals surface area (Å²) >= 11 is -0.515. The predicted molar refractivity (Wildman–Crippen MR) is 117 cm³/mol. The van der Waals surface area contributed by atoms with E-state index in [1.54, 1.807) is 6.20 Å². The Labute approximate surface area is 172 Å². The van der Waals surface area contributed by atoms with Crippen LogP contribution in [0, 0.1) is 3.28 Å². The molecule has 5 heterocycles. The number of aryl methyl sites for hydroxylation is 1. The SMILES string of the molecule is C1=c2nnn3c2=IC(=N1)Nc1cnn(c1)CCCCNCCc1ccc-3cc1. The van der Waals surface area contributed by atoms with Crippen LogP contribution in [0.25, 0.3) is 11.9 Å². The average molecular weight is 488 g/mol. The van der Waals surface area contributed by atoms with Crippen molar-refractivity contribution >= 4 is 36.5 Å². The molecule has 3 aliphatic rings. The third-order valence-corrected chi connectivity index (χ3v) is 7.34. The van der Waals surface area contributed by atoms with E-state index in [-0.39, 0.29) is 0 Å². The number of amidine groups is 1. The van der Waals surface area contributed by atoms with E-state index in [9.17, 15) is 0 Å². The van der Waals surface area contributed by atoms with Crippen molar-refractivity contribution < 1.29 is 0 Å². The van der Waals surface area contributed by atoms with E-state index < -0.39 is 20.7 Å². The Bertz CT molecular complexity index is 1130. The van der Waals surface area contributed by atoms with E-state index in [0.717, 1.165) is 62.7 Å². The number of hydrogen-bond donors (Lipinski definition) is 2. The number of nitrogens with one attached hydrogen (secondary N) is 2. The molecule has 0 fully saturated rings. The van der Waals surface area contributed by atoms with E-state index in [4.69, 9.17) is 0 Å². The van der Waals surface area contributed by atoms with Gasteiger partial charge in [-0.25, -0.2) is 9.67 Å². The highest BCUT2D eigenvalue weighted by Crippen LogP contribution is 2.17. The van der Waals surface area contributed by atoms with Gasteiger partial charge in [0, 0.05) is 12.7 Å². The first-order valence-electron chi connectivity index (χ1n) is 9.46. The van der Waals surface area contributed by atoms with Crippen molar-refractivity contribution in [2.45, 2.75) is 25.8 Å². The van der Waals surface area contributed by atoms with Crippen LogP contribution < -0.4 is 16.0 Å². The number of benzene rings is 1. The first kappa shape index (κ1) is 17.7. The zero-order valence-electron chi connectivity index (χ0n) is 15.3. The number of aliphatic imine (C=N–C) groups is 1. The van der Waals surface area contributed by atoms with Gasteiger partial charge in [0.05, 0.1) is 23.8 Å². The van der Waals surface area contributed by atoms with Gasteiger partial charge in [-0.05, 0) is 70.8 Å². The molecule has 3 aliphatic heterocycles. The lowest BCUT2D eigenvalue weighted by Gasteiger charge is -2.07. The number of anilines is 1. The zero-order valence-corrected chi connectivity index (χ0v) is 17.5. The van der Waals surface area contributed by atoms with E-state index in [1.807, 2.05) is 15.6 Å². The summed E-state index contributed by atoms with van der Waals surface area (Å²) < 4.78 is 6.08. The van der Waals surface area contributed by atoms with E-state index >= 15 is 0 Å². The fourth-order valence-electron chi connectivity index (χ4n) is 3.25. The van der Waals surface area contributed by atoms with E-state index in [1.165, 1.54) is 5.56 Å². The Hall–Kier alpha value is -2.40. The molecule has 9 heteroatoms. The summed E-state index contributed by atoms with van der Waals surface area (Å²) in [6, 6.07) is 8.63. The van der Waals surface area contributed by atoms with E-state index in [2.05, 4.69) is 61.5 Å². The van der Waals surface area contributed by atoms with Crippen LogP contribution in [0.3, 0.4) is 0 Å². The van der Waals surface area contributed by atoms with Crippen LogP contribution in [-0.4, -0.2) is 41.7 Å². The smallest absolute Gasteiger partial charge is 0.165 e. The topological polar surface area (TPSA) is 85.0 Å². The van der Waals surface area contributed by atoms with Gasteiger partial charge in [-0.15, -0.1) is 5.10 Å². The summed E-state index contributed by atoms with van der Waals surface area (Å²) in [6.45, 7) is 2.96. The van der Waals surface area contributed by atoms with Crippen molar-refractivity contribution in [3.63, 3.8) is 0 Å². The standard InChI is InChI=1S/C19H21IN8/c1-2-10-27-13-15(11-23-27)24-19-20-18-17(12-22-19)25-26-28(18)16-5-3-14(4-6-16)7-9-21-8-1/h3-6,11-13,21H,1-2,7-10H2,(H,22,24). The Morgan fingerprint density at radius 1 is 1.07 bits per heavy atom. The Kier molecular flexibility index (Phi) is 5.00. The van der Waals surface area contributed by atoms with Crippen molar-refractivity contribution in [2.75, 3.05) is 18.4 Å². The summed E-state index contributed by atoms with van der Waals surface area (Å²) in [5, 5.41) is 21.0. The van der Waals surface area contributed by atoms with Crippen LogP contribution in [0.15, 0.2) is 41.7 Å². The third-order valence-electron chi connectivity index (χ3n) is 4.76. The minimum atomic E-state index is -0.515. The predicted octanol–water partition coefficient (Wildman–Crippen LogP) is 1.83. The summed E-state index contributed by atoms with van der Waals surface area (Å²) in [6.07, 6.45) is 9.01. The molecule has 0 saturated heterocycles. The molecule has 0 saturated carbocycles. The Morgan fingerprint density at radius 3 is 2.93 bits per heavy atom. The number of nitrogens with zero attached hydrogens (tertiary/aromatic N) is 6. The molecular weight excluding hydrogens is 467 g/mol. The minimum Gasteiger partial charge on any atom is -0.333 e. The summed E-state index contributed by atoms with van der Waals surface area (Å²) in [4.78, 5) is 4.56.